The molecule has 2 unspecified atom stereocenters. The Hall–Kier alpha value is -3.90. The minimum Gasteiger partial charge on any atom is -0.493 e. The summed E-state index contributed by atoms with van der Waals surface area (Å²) in [5, 5.41) is 24.1. The maximum Gasteiger partial charge on any atom is 0.303 e. The molecule has 2 aliphatic rings. The molecule has 0 aromatic heterocycles. The van der Waals surface area contributed by atoms with Crippen molar-refractivity contribution < 1.29 is 29.0 Å². The van der Waals surface area contributed by atoms with Crippen LogP contribution in [0.5, 0.6) is 5.75 Å². The number of aliphatic carboxylic acids is 1. The highest BCUT2D eigenvalue weighted by molar-refractivity contribution is 5.98. The first-order chi connectivity index (χ1) is 17.4. The average Bonchev–Trinajstić information content (AvgIpc) is 3.59. The molecular weight excluding hydrogens is 462 g/mol. The highest BCUT2D eigenvalue weighted by Gasteiger charge is 2.61. The molecule has 1 aliphatic carbocycles. The number of ether oxygens (including phenoxy) is 2. The summed E-state index contributed by atoms with van der Waals surface area (Å²) in [7, 11) is 1.57. The molecule has 1 heterocycles. The molecule has 4 rings (SSSR count). The molecule has 1 aliphatic heterocycles. The summed E-state index contributed by atoms with van der Waals surface area (Å²) in [6.45, 7) is 1.30. The molecule has 2 aromatic carbocycles. The molecular formula is C27H29N3O6. The third kappa shape index (κ3) is 5.34. The van der Waals surface area contributed by atoms with Gasteiger partial charge in [-0.25, -0.2) is 0 Å². The number of hydrogen-bond donors (Lipinski definition) is 3. The number of nitriles is 1. The molecule has 36 heavy (non-hydrogen) atoms. The molecule has 2 atom stereocenters. The van der Waals surface area contributed by atoms with Crippen LogP contribution in [0.15, 0.2) is 36.4 Å². The zero-order valence-electron chi connectivity index (χ0n) is 20.1. The molecule has 1 spiro atoms. The summed E-state index contributed by atoms with van der Waals surface area (Å²) in [5.41, 5.74) is 2.70. The summed E-state index contributed by atoms with van der Waals surface area (Å²) in [6.07, 6.45) is 2.23. The van der Waals surface area contributed by atoms with Gasteiger partial charge in [0.1, 0.15) is 5.75 Å². The van der Waals surface area contributed by atoms with Gasteiger partial charge in [0.25, 0.3) is 5.91 Å². The molecule has 0 radical (unpaired) electrons. The highest BCUT2D eigenvalue weighted by Crippen LogP contribution is 2.61. The number of benzene rings is 2. The number of hydrogen-bond acceptors (Lipinski definition) is 6. The number of anilines is 1. The standard InChI is InChI=1S/C27H29N3O6/c1-35-12-10-29-25(33)19-7-8-23-20(14-19)27(9-11-36-23)15-21(27)26(34)30-22-13-17(16-28)5-6-18(22)3-2-4-24(31)32/h5-8,13-14,21H,2-4,9-12,15H2,1H3,(H,29,33)(H,30,34)(H,31,32). The molecule has 3 N–H and O–H groups in total. The van der Waals surface area contributed by atoms with Crippen LogP contribution in [0.4, 0.5) is 5.69 Å². The summed E-state index contributed by atoms with van der Waals surface area (Å²) in [4.78, 5) is 36.8. The van der Waals surface area contributed by atoms with Crippen LogP contribution in [0.25, 0.3) is 0 Å². The summed E-state index contributed by atoms with van der Waals surface area (Å²) >= 11 is 0. The van der Waals surface area contributed by atoms with E-state index >= 15 is 0 Å². The van der Waals surface area contributed by atoms with Crippen molar-refractivity contribution in [3.05, 3.63) is 58.7 Å². The number of carbonyl (C=O) groups is 3. The number of nitrogens with zero attached hydrogens (tertiary/aromatic N) is 1. The quantitative estimate of drug-likeness (QED) is 0.434. The van der Waals surface area contributed by atoms with Gasteiger partial charge in [-0.15, -0.1) is 0 Å². The third-order valence-corrected chi connectivity index (χ3v) is 6.90. The van der Waals surface area contributed by atoms with E-state index < -0.39 is 11.4 Å². The number of carbonyl (C=O) groups excluding carboxylic acids is 2. The lowest BCUT2D eigenvalue weighted by atomic mass is 9.86. The van der Waals surface area contributed by atoms with Gasteiger partial charge in [0, 0.05) is 48.2 Å². The molecule has 1 saturated carbocycles. The highest BCUT2D eigenvalue weighted by atomic mass is 16.5. The molecule has 1 fully saturated rings. The van der Waals surface area contributed by atoms with E-state index in [-0.39, 0.29) is 24.2 Å². The predicted octanol–water partition coefficient (Wildman–Crippen LogP) is 3.02. The van der Waals surface area contributed by atoms with Crippen molar-refractivity contribution in [1.82, 2.24) is 5.32 Å². The number of amides is 2. The van der Waals surface area contributed by atoms with Crippen LogP contribution in [-0.4, -0.2) is 49.8 Å². The van der Waals surface area contributed by atoms with Crippen molar-refractivity contribution in [2.45, 2.75) is 37.5 Å². The lowest BCUT2D eigenvalue weighted by molar-refractivity contribution is -0.137. The van der Waals surface area contributed by atoms with Crippen molar-refractivity contribution in [3.63, 3.8) is 0 Å². The molecule has 9 nitrogen and oxygen atoms in total. The van der Waals surface area contributed by atoms with E-state index in [1.54, 1.807) is 37.4 Å². The maximum atomic E-state index is 13.4. The van der Waals surface area contributed by atoms with Crippen LogP contribution >= 0.6 is 0 Å². The van der Waals surface area contributed by atoms with Crippen LogP contribution in [0, 0.1) is 17.2 Å². The number of methoxy groups -OCH3 is 1. The van der Waals surface area contributed by atoms with Gasteiger partial charge in [-0.2, -0.15) is 5.26 Å². The zero-order chi connectivity index (χ0) is 25.7. The Bertz CT molecular complexity index is 1220. The van der Waals surface area contributed by atoms with Crippen molar-refractivity contribution in [2.24, 2.45) is 5.92 Å². The van der Waals surface area contributed by atoms with Crippen molar-refractivity contribution >= 4 is 23.5 Å². The lowest BCUT2D eigenvalue weighted by Crippen LogP contribution is -2.29. The second-order valence-corrected chi connectivity index (χ2v) is 9.19. The molecule has 9 heteroatoms. The lowest BCUT2D eigenvalue weighted by Gasteiger charge is -2.27. The Morgan fingerprint density at radius 3 is 2.83 bits per heavy atom. The Morgan fingerprint density at radius 1 is 1.25 bits per heavy atom. The number of carboxylic acid groups (broad SMARTS) is 1. The number of carboxylic acids is 1. The SMILES string of the molecule is COCCNC(=O)c1ccc2c(c1)C1(CCO2)CC1C(=O)Nc1cc(C#N)ccc1CCCC(=O)O. The van der Waals surface area contributed by atoms with Crippen LogP contribution in [0.1, 0.15) is 52.7 Å². The van der Waals surface area contributed by atoms with Gasteiger partial charge in [-0.05, 0) is 61.6 Å². The Morgan fingerprint density at radius 2 is 2.08 bits per heavy atom. The van der Waals surface area contributed by atoms with E-state index in [1.165, 1.54) is 0 Å². The van der Waals surface area contributed by atoms with Gasteiger partial charge < -0.3 is 25.2 Å². The number of fused-ring (bicyclic) bond motifs is 2. The van der Waals surface area contributed by atoms with Crippen LogP contribution in [-0.2, 0) is 26.2 Å². The Labute approximate surface area is 209 Å². The van der Waals surface area contributed by atoms with Gasteiger partial charge in [-0.3, -0.25) is 14.4 Å². The van der Waals surface area contributed by atoms with Gasteiger partial charge in [0.2, 0.25) is 5.91 Å². The second kappa shape index (κ2) is 10.8. The first kappa shape index (κ1) is 25.2. The molecule has 0 saturated heterocycles. The monoisotopic (exact) mass is 491 g/mol. The summed E-state index contributed by atoms with van der Waals surface area (Å²) < 4.78 is 10.8. The Kier molecular flexibility index (Phi) is 7.55. The van der Waals surface area contributed by atoms with Gasteiger partial charge in [0.05, 0.1) is 24.8 Å². The third-order valence-electron chi connectivity index (χ3n) is 6.90. The van der Waals surface area contributed by atoms with Crippen LogP contribution in [0.2, 0.25) is 0 Å². The number of nitrogens with one attached hydrogen (secondary N) is 2. The van der Waals surface area contributed by atoms with E-state index in [0.717, 1.165) is 11.1 Å². The maximum absolute atomic E-state index is 13.4. The van der Waals surface area contributed by atoms with Crippen molar-refractivity contribution in [2.75, 3.05) is 32.2 Å². The first-order valence-electron chi connectivity index (χ1n) is 12.0. The van der Waals surface area contributed by atoms with E-state index in [0.29, 0.717) is 68.0 Å². The fourth-order valence-electron chi connectivity index (χ4n) is 4.89. The van der Waals surface area contributed by atoms with Crippen LogP contribution < -0.4 is 15.4 Å². The summed E-state index contributed by atoms with van der Waals surface area (Å²) in [6, 6.07) is 12.5. The minimum atomic E-state index is -0.876. The topological polar surface area (TPSA) is 138 Å². The zero-order valence-corrected chi connectivity index (χ0v) is 20.1. The number of rotatable bonds is 10. The second-order valence-electron chi connectivity index (χ2n) is 9.19. The summed E-state index contributed by atoms with van der Waals surface area (Å²) in [5.74, 6) is -0.863. The smallest absolute Gasteiger partial charge is 0.303 e. The van der Waals surface area contributed by atoms with Gasteiger partial charge in [-0.1, -0.05) is 6.07 Å². The first-order valence-corrected chi connectivity index (χ1v) is 12.0. The fraction of sp³-hybridized carbons (Fsp3) is 0.407. The van der Waals surface area contributed by atoms with Crippen molar-refractivity contribution in [1.29, 1.82) is 5.26 Å². The van der Waals surface area contributed by atoms with Crippen LogP contribution in [0.3, 0.4) is 0 Å². The Balaban J connectivity index is 1.52. The van der Waals surface area contributed by atoms with E-state index in [9.17, 15) is 19.6 Å². The average molecular weight is 492 g/mol. The predicted molar refractivity (Wildman–Crippen MR) is 131 cm³/mol. The van der Waals surface area contributed by atoms with E-state index in [2.05, 4.69) is 16.7 Å². The molecule has 2 aromatic rings. The van der Waals surface area contributed by atoms with Gasteiger partial charge in [0.15, 0.2) is 0 Å². The molecule has 2 amide bonds. The molecule has 0 bridgehead atoms. The normalized spacial score (nSPS) is 19.5. The molecule has 188 valence electrons. The largest absolute Gasteiger partial charge is 0.493 e. The van der Waals surface area contributed by atoms with E-state index in [4.69, 9.17) is 14.6 Å². The van der Waals surface area contributed by atoms with Crippen molar-refractivity contribution in [3.8, 4) is 11.8 Å². The minimum absolute atomic E-state index is 0.0251. The number of aryl methyl sites for hydroxylation is 1. The fourth-order valence-corrected chi connectivity index (χ4v) is 4.89. The van der Waals surface area contributed by atoms with Gasteiger partial charge >= 0.3 is 5.97 Å². The van der Waals surface area contributed by atoms with E-state index in [1.807, 2.05) is 6.07 Å².